The minimum absolute atomic E-state index is 0.122. The summed E-state index contributed by atoms with van der Waals surface area (Å²) in [7, 11) is 0. The van der Waals surface area contributed by atoms with Crippen LogP contribution in [0, 0.1) is 5.92 Å². The van der Waals surface area contributed by atoms with E-state index >= 15 is 0 Å². The summed E-state index contributed by atoms with van der Waals surface area (Å²) < 4.78 is 5.25. The van der Waals surface area contributed by atoms with Crippen molar-refractivity contribution in [2.24, 2.45) is 5.92 Å². The first-order chi connectivity index (χ1) is 7.26. The van der Waals surface area contributed by atoms with Gasteiger partial charge in [0, 0.05) is 18.6 Å². The maximum Gasteiger partial charge on any atom is 0.306 e. The van der Waals surface area contributed by atoms with Crippen molar-refractivity contribution in [3.8, 4) is 0 Å². The summed E-state index contributed by atoms with van der Waals surface area (Å²) in [5, 5.41) is 0.589. The van der Waals surface area contributed by atoms with Crippen LogP contribution in [-0.2, 0) is 14.3 Å². The van der Waals surface area contributed by atoms with Crippen molar-refractivity contribution < 1.29 is 14.3 Å². The zero-order valence-corrected chi connectivity index (χ0v) is 11.2. The highest BCUT2D eigenvalue weighted by Crippen LogP contribution is 2.39. The molecule has 3 nitrogen and oxygen atoms in total. The first kappa shape index (κ1) is 13.6. The van der Waals surface area contributed by atoms with Crippen molar-refractivity contribution >= 4 is 22.8 Å². The molecule has 0 amide bonds. The van der Waals surface area contributed by atoms with E-state index in [1.807, 2.05) is 20.8 Å². The average molecular weight is 244 g/mol. The second kappa shape index (κ2) is 5.21. The lowest BCUT2D eigenvalue weighted by Crippen LogP contribution is -2.31. The van der Waals surface area contributed by atoms with Gasteiger partial charge >= 0.3 is 5.97 Å². The number of thioether (sulfide) groups is 1. The highest BCUT2D eigenvalue weighted by atomic mass is 32.2. The van der Waals surface area contributed by atoms with Crippen LogP contribution in [0.25, 0.3) is 0 Å². The van der Waals surface area contributed by atoms with Crippen LogP contribution < -0.4 is 0 Å². The van der Waals surface area contributed by atoms with Crippen LogP contribution in [-0.4, -0.2) is 21.9 Å². The van der Waals surface area contributed by atoms with Crippen molar-refractivity contribution in [2.45, 2.75) is 57.8 Å². The van der Waals surface area contributed by atoms with Crippen molar-refractivity contribution in [3.63, 3.8) is 0 Å². The van der Waals surface area contributed by atoms with E-state index in [0.29, 0.717) is 17.6 Å². The van der Waals surface area contributed by atoms with Gasteiger partial charge in [-0.2, -0.15) is 0 Å². The van der Waals surface area contributed by atoms with E-state index < -0.39 is 5.60 Å². The van der Waals surface area contributed by atoms with E-state index in [9.17, 15) is 9.59 Å². The molecule has 1 fully saturated rings. The minimum Gasteiger partial charge on any atom is -0.460 e. The third-order valence-corrected chi connectivity index (χ3v) is 3.45. The van der Waals surface area contributed by atoms with E-state index in [4.69, 9.17) is 4.74 Å². The molecule has 0 saturated heterocycles. The first-order valence-electron chi connectivity index (χ1n) is 5.65. The zero-order valence-electron chi connectivity index (χ0n) is 10.4. The quantitative estimate of drug-likeness (QED) is 0.716. The predicted molar refractivity (Wildman–Crippen MR) is 65.2 cm³/mol. The standard InChI is InChI=1S/C12H20O3S/c1-8(13)16-10-5-9(6-10)7-11(14)15-12(2,3)4/h9-10H,5-7H2,1-4H3. The van der Waals surface area contributed by atoms with Crippen molar-refractivity contribution in [3.05, 3.63) is 0 Å². The first-order valence-corrected chi connectivity index (χ1v) is 6.53. The van der Waals surface area contributed by atoms with Crippen LogP contribution in [0.2, 0.25) is 0 Å². The average Bonchev–Trinajstić information content (AvgIpc) is 1.95. The summed E-state index contributed by atoms with van der Waals surface area (Å²) in [5.41, 5.74) is -0.394. The fraction of sp³-hybridized carbons (Fsp3) is 0.833. The molecule has 0 heterocycles. The monoisotopic (exact) mass is 244 g/mol. The number of ether oxygens (including phenoxy) is 1. The minimum atomic E-state index is -0.394. The number of carbonyl (C=O) groups is 2. The topological polar surface area (TPSA) is 43.4 Å². The van der Waals surface area contributed by atoms with E-state index in [0.717, 1.165) is 12.8 Å². The molecule has 0 unspecified atom stereocenters. The number of hydrogen-bond donors (Lipinski definition) is 0. The molecular formula is C12H20O3S. The van der Waals surface area contributed by atoms with Crippen LogP contribution in [0.5, 0.6) is 0 Å². The van der Waals surface area contributed by atoms with Gasteiger partial charge < -0.3 is 4.74 Å². The molecule has 4 heteroatoms. The molecule has 16 heavy (non-hydrogen) atoms. The van der Waals surface area contributed by atoms with Gasteiger partial charge in [-0.15, -0.1) is 0 Å². The van der Waals surface area contributed by atoms with Crippen LogP contribution in [0.15, 0.2) is 0 Å². The Bertz CT molecular complexity index is 274. The Morgan fingerprint density at radius 3 is 2.31 bits per heavy atom. The predicted octanol–water partition coefficient (Wildman–Crippen LogP) is 2.78. The summed E-state index contributed by atoms with van der Waals surface area (Å²) >= 11 is 1.39. The fourth-order valence-corrected chi connectivity index (χ4v) is 3.00. The Morgan fingerprint density at radius 1 is 1.31 bits per heavy atom. The van der Waals surface area contributed by atoms with Crippen molar-refractivity contribution in [1.29, 1.82) is 0 Å². The molecule has 0 atom stereocenters. The van der Waals surface area contributed by atoms with Gasteiger partial charge in [-0.25, -0.2) is 0 Å². The molecule has 0 radical (unpaired) electrons. The molecule has 0 aromatic heterocycles. The number of hydrogen-bond acceptors (Lipinski definition) is 4. The van der Waals surface area contributed by atoms with Crippen LogP contribution >= 0.6 is 11.8 Å². The highest BCUT2D eigenvalue weighted by Gasteiger charge is 2.33. The Morgan fingerprint density at radius 2 is 1.88 bits per heavy atom. The van der Waals surface area contributed by atoms with Gasteiger partial charge in [0.15, 0.2) is 5.12 Å². The van der Waals surface area contributed by atoms with Crippen LogP contribution in [0.3, 0.4) is 0 Å². The highest BCUT2D eigenvalue weighted by molar-refractivity contribution is 8.14. The summed E-state index contributed by atoms with van der Waals surface area (Å²) in [6.07, 6.45) is 2.42. The number of rotatable bonds is 3. The van der Waals surface area contributed by atoms with Gasteiger partial charge in [0.05, 0.1) is 0 Å². The van der Waals surface area contributed by atoms with Gasteiger partial charge in [0.25, 0.3) is 0 Å². The SMILES string of the molecule is CC(=O)SC1CC(CC(=O)OC(C)(C)C)C1. The van der Waals surface area contributed by atoms with Gasteiger partial charge in [-0.1, -0.05) is 11.8 Å². The number of carbonyl (C=O) groups excluding carboxylic acids is 2. The molecule has 0 spiro atoms. The Kier molecular flexibility index (Phi) is 4.42. The Labute approximate surface area is 101 Å². The molecule has 1 saturated carbocycles. The molecule has 1 aliphatic carbocycles. The van der Waals surface area contributed by atoms with Crippen LogP contribution in [0.4, 0.5) is 0 Å². The molecule has 0 N–H and O–H groups in total. The van der Waals surface area contributed by atoms with E-state index in [1.165, 1.54) is 11.8 Å². The van der Waals surface area contributed by atoms with E-state index in [-0.39, 0.29) is 11.1 Å². The summed E-state index contributed by atoms with van der Waals surface area (Å²) in [6, 6.07) is 0. The van der Waals surface area contributed by atoms with Crippen molar-refractivity contribution in [2.75, 3.05) is 0 Å². The summed E-state index contributed by atoms with van der Waals surface area (Å²) in [5.74, 6) is 0.287. The lowest BCUT2D eigenvalue weighted by Gasteiger charge is -2.34. The lowest BCUT2D eigenvalue weighted by molar-refractivity contribution is -0.156. The maximum absolute atomic E-state index is 11.5. The lowest BCUT2D eigenvalue weighted by atomic mass is 9.82. The summed E-state index contributed by atoms with van der Waals surface area (Å²) in [4.78, 5) is 22.3. The third-order valence-electron chi connectivity index (χ3n) is 2.40. The van der Waals surface area contributed by atoms with E-state index in [1.54, 1.807) is 6.92 Å². The van der Waals surface area contributed by atoms with E-state index in [2.05, 4.69) is 0 Å². The van der Waals surface area contributed by atoms with Crippen molar-refractivity contribution in [1.82, 2.24) is 0 Å². The molecule has 0 aromatic carbocycles. The molecule has 0 bridgehead atoms. The molecule has 1 rings (SSSR count). The largest absolute Gasteiger partial charge is 0.460 e. The molecular weight excluding hydrogens is 224 g/mol. The smallest absolute Gasteiger partial charge is 0.306 e. The molecule has 1 aliphatic rings. The van der Waals surface area contributed by atoms with Gasteiger partial charge in [0.2, 0.25) is 0 Å². The molecule has 92 valence electrons. The Balaban J connectivity index is 2.17. The van der Waals surface area contributed by atoms with Crippen LogP contribution in [0.1, 0.15) is 47.0 Å². The maximum atomic E-state index is 11.5. The summed E-state index contributed by atoms with van der Waals surface area (Å²) in [6.45, 7) is 7.21. The second-order valence-corrected chi connectivity index (χ2v) is 6.84. The third kappa shape index (κ3) is 5.01. The second-order valence-electron chi connectivity index (χ2n) is 5.36. The van der Waals surface area contributed by atoms with Gasteiger partial charge in [-0.05, 0) is 39.5 Å². The molecule has 0 aromatic rings. The zero-order chi connectivity index (χ0) is 12.3. The molecule has 0 aliphatic heterocycles. The normalized spacial score (nSPS) is 24.8. The Hall–Kier alpha value is -0.510. The van der Waals surface area contributed by atoms with Gasteiger partial charge in [-0.3, -0.25) is 9.59 Å². The number of esters is 1. The van der Waals surface area contributed by atoms with Gasteiger partial charge in [0.1, 0.15) is 5.60 Å². The fourth-order valence-electron chi connectivity index (χ4n) is 1.79.